The van der Waals surface area contributed by atoms with Crippen molar-refractivity contribution in [1.82, 2.24) is 16.0 Å². The fourth-order valence-electron chi connectivity index (χ4n) is 2.07. The molecule has 1 aromatic rings. The van der Waals surface area contributed by atoms with E-state index in [9.17, 15) is 14.4 Å². The van der Waals surface area contributed by atoms with Crippen LogP contribution in [-0.2, 0) is 9.53 Å². The lowest BCUT2D eigenvalue weighted by Gasteiger charge is -2.19. The van der Waals surface area contributed by atoms with Gasteiger partial charge in [-0.1, -0.05) is 6.07 Å². The molecule has 0 aromatic heterocycles. The van der Waals surface area contributed by atoms with Gasteiger partial charge < -0.3 is 25.4 Å². The van der Waals surface area contributed by atoms with Crippen molar-refractivity contribution < 1.29 is 23.9 Å². The Labute approximate surface area is 160 Å². The highest BCUT2D eigenvalue weighted by Crippen LogP contribution is 2.12. The van der Waals surface area contributed by atoms with E-state index in [1.165, 1.54) is 0 Å². The average molecular weight is 379 g/mol. The summed E-state index contributed by atoms with van der Waals surface area (Å²) in [5.41, 5.74) is -0.0478. The van der Waals surface area contributed by atoms with Crippen LogP contribution in [0.4, 0.5) is 4.79 Å². The second-order valence-electron chi connectivity index (χ2n) is 6.87. The Morgan fingerprint density at radius 2 is 1.70 bits per heavy atom. The van der Waals surface area contributed by atoms with Crippen molar-refractivity contribution >= 4 is 17.9 Å². The number of benzene rings is 1. The van der Waals surface area contributed by atoms with Gasteiger partial charge in [0.15, 0.2) is 0 Å². The Morgan fingerprint density at radius 3 is 2.37 bits per heavy atom. The van der Waals surface area contributed by atoms with E-state index in [0.29, 0.717) is 30.8 Å². The standard InChI is InChI=1S/C19H29N3O5/c1-19(2,3)27-18(25)22-12-9-16(23)20-10-6-11-21-17(24)14-7-5-8-15(13-14)26-4/h5,7-8,13H,6,9-12H2,1-4H3,(H,20,23)(H,21,24)(H,22,25). The summed E-state index contributed by atoms with van der Waals surface area (Å²) < 4.78 is 10.2. The van der Waals surface area contributed by atoms with Crippen molar-refractivity contribution in [2.24, 2.45) is 0 Å². The molecule has 0 bridgehead atoms. The van der Waals surface area contributed by atoms with Gasteiger partial charge in [0.05, 0.1) is 7.11 Å². The van der Waals surface area contributed by atoms with E-state index in [4.69, 9.17) is 9.47 Å². The smallest absolute Gasteiger partial charge is 0.407 e. The van der Waals surface area contributed by atoms with Crippen LogP contribution in [-0.4, -0.2) is 50.3 Å². The van der Waals surface area contributed by atoms with Crippen molar-refractivity contribution in [3.63, 3.8) is 0 Å². The molecule has 0 saturated heterocycles. The molecule has 150 valence electrons. The van der Waals surface area contributed by atoms with Crippen LogP contribution in [0.1, 0.15) is 44.0 Å². The Kier molecular flexibility index (Phi) is 9.12. The molecular weight excluding hydrogens is 350 g/mol. The fraction of sp³-hybridized carbons (Fsp3) is 0.526. The minimum absolute atomic E-state index is 0.162. The number of amides is 3. The molecule has 0 aliphatic rings. The average Bonchev–Trinajstić information content (AvgIpc) is 2.59. The van der Waals surface area contributed by atoms with Gasteiger partial charge in [-0.3, -0.25) is 9.59 Å². The molecule has 1 rings (SSSR count). The summed E-state index contributed by atoms with van der Waals surface area (Å²) in [6.45, 7) is 6.38. The number of hydrogen-bond acceptors (Lipinski definition) is 5. The van der Waals surface area contributed by atoms with E-state index in [1.807, 2.05) is 0 Å². The third-order valence-electron chi connectivity index (χ3n) is 3.31. The van der Waals surface area contributed by atoms with Crippen molar-refractivity contribution in [1.29, 1.82) is 0 Å². The zero-order valence-corrected chi connectivity index (χ0v) is 16.4. The number of ether oxygens (including phenoxy) is 2. The molecule has 0 heterocycles. The first-order chi connectivity index (χ1) is 12.7. The lowest BCUT2D eigenvalue weighted by atomic mass is 10.2. The zero-order chi connectivity index (χ0) is 20.3. The monoisotopic (exact) mass is 379 g/mol. The maximum Gasteiger partial charge on any atom is 0.407 e. The van der Waals surface area contributed by atoms with E-state index in [1.54, 1.807) is 52.1 Å². The number of methoxy groups -OCH3 is 1. The van der Waals surface area contributed by atoms with Crippen LogP contribution in [0, 0.1) is 0 Å². The van der Waals surface area contributed by atoms with Gasteiger partial charge in [-0.25, -0.2) is 4.79 Å². The van der Waals surface area contributed by atoms with Gasteiger partial charge in [0.25, 0.3) is 5.91 Å². The first-order valence-corrected chi connectivity index (χ1v) is 8.87. The van der Waals surface area contributed by atoms with Gasteiger partial charge >= 0.3 is 6.09 Å². The number of rotatable bonds is 9. The summed E-state index contributed by atoms with van der Waals surface area (Å²) in [4.78, 5) is 35.1. The molecule has 0 unspecified atom stereocenters. The number of hydrogen-bond donors (Lipinski definition) is 3. The SMILES string of the molecule is COc1cccc(C(=O)NCCCNC(=O)CCNC(=O)OC(C)(C)C)c1. The molecule has 0 spiro atoms. The summed E-state index contributed by atoms with van der Waals surface area (Å²) in [6, 6.07) is 6.88. The predicted molar refractivity (Wildman–Crippen MR) is 102 cm³/mol. The number of carbonyl (C=O) groups excluding carboxylic acids is 3. The van der Waals surface area contributed by atoms with E-state index in [2.05, 4.69) is 16.0 Å². The van der Waals surface area contributed by atoms with Crippen molar-refractivity contribution in [2.75, 3.05) is 26.7 Å². The molecule has 3 amide bonds. The molecule has 1 aromatic carbocycles. The van der Waals surface area contributed by atoms with Gasteiger partial charge in [-0.15, -0.1) is 0 Å². The Bertz CT molecular complexity index is 640. The van der Waals surface area contributed by atoms with Crippen LogP contribution in [0.2, 0.25) is 0 Å². The normalized spacial score (nSPS) is 10.7. The third-order valence-corrected chi connectivity index (χ3v) is 3.31. The molecule has 27 heavy (non-hydrogen) atoms. The molecular formula is C19H29N3O5. The first-order valence-electron chi connectivity index (χ1n) is 8.87. The molecule has 3 N–H and O–H groups in total. The molecule has 0 aliphatic carbocycles. The van der Waals surface area contributed by atoms with Gasteiger partial charge in [0.2, 0.25) is 5.91 Å². The van der Waals surface area contributed by atoms with E-state index in [0.717, 1.165) is 0 Å². The van der Waals surface area contributed by atoms with Gasteiger partial charge in [-0.2, -0.15) is 0 Å². The van der Waals surface area contributed by atoms with Crippen molar-refractivity contribution in [3.8, 4) is 5.75 Å². The minimum Gasteiger partial charge on any atom is -0.497 e. The minimum atomic E-state index is -0.568. The topological polar surface area (TPSA) is 106 Å². The first kappa shape index (κ1) is 22.3. The summed E-state index contributed by atoms with van der Waals surface area (Å²) in [5, 5.41) is 8.04. The van der Waals surface area contributed by atoms with Crippen molar-refractivity contribution in [3.05, 3.63) is 29.8 Å². The highest BCUT2D eigenvalue weighted by Gasteiger charge is 2.15. The van der Waals surface area contributed by atoms with Crippen LogP contribution in [0.5, 0.6) is 5.75 Å². The Morgan fingerprint density at radius 1 is 1.00 bits per heavy atom. The highest BCUT2D eigenvalue weighted by atomic mass is 16.6. The molecule has 0 saturated carbocycles. The lowest BCUT2D eigenvalue weighted by molar-refractivity contribution is -0.120. The second-order valence-corrected chi connectivity index (χ2v) is 6.87. The summed E-state index contributed by atoms with van der Waals surface area (Å²) >= 11 is 0. The van der Waals surface area contributed by atoms with Crippen LogP contribution >= 0.6 is 0 Å². The van der Waals surface area contributed by atoms with E-state index < -0.39 is 11.7 Å². The number of nitrogens with one attached hydrogen (secondary N) is 3. The van der Waals surface area contributed by atoms with Crippen LogP contribution in [0.25, 0.3) is 0 Å². The Balaban J connectivity index is 2.12. The summed E-state index contributed by atoms with van der Waals surface area (Å²) in [7, 11) is 1.54. The fourth-order valence-corrected chi connectivity index (χ4v) is 2.07. The predicted octanol–water partition coefficient (Wildman–Crippen LogP) is 1.85. The molecule has 0 radical (unpaired) electrons. The molecule has 0 atom stereocenters. The number of carbonyl (C=O) groups is 3. The molecule has 0 aliphatic heterocycles. The second kappa shape index (κ2) is 11.1. The zero-order valence-electron chi connectivity index (χ0n) is 16.4. The van der Waals surface area contributed by atoms with E-state index in [-0.39, 0.29) is 24.8 Å². The summed E-state index contributed by atoms with van der Waals surface area (Å²) in [6.07, 6.45) is 0.214. The molecule has 8 nitrogen and oxygen atoms in total. The molecule has 0 fully saturated rings. The number of alkyl carbamates (subject to hydrolysis) is 1. The van der Waals surface area contributed by atoms with Crippen molar-refractivity contribution in [2.45, 2.75) is 39.2 Å². The Hall–Kier alpha value is -2.77. The summed E-state index contributed by atoms with van der Waals surface area (Å²) in [5.74, 6) is 0.252. The lowest BCUT2D eigenvalue weighted by Crippen LogP contribution is -2.35. The largest absolute Gasteiger partial charge is 0.497 e. The van der Waals surface area contributed by atoms with Gasteiger partial charge in [-0.05, 0) is 45.4 Å². The van der Waals surface area contributed by atoms with Crippen LogP contribution in [0.15, 0.2) is 24.3 Å². The third kappa shape index (κ3) is 10.1. The van der Waals surface area contributed by atoms with Gasteiger partial charge in [0, 0.05) is 31.6 Å². The highest BCUT2D eigenvalue weighted by molar-refractivity contribution is 5.94. The maximum atomic E-state index is 12.0. The van der Waals surface area contributed by atoms with Gasteiger partial charge in [0.1, 0.15) is 11.4 Å². The maximum absolute atomic E-state index is 12.0. The molecule has 8 heteroatoms. The quantitative estimate of drug-likeness (QED) is 0.568. The van der Waals surface area contributed by atoms with Crippen LogP contribution < -0.4 is 20.7 Å². The van der Waals surface area contributed by atoms with E-state index >= 15 is 0 Å². The van der Waals surface area contributed by atoms with Crippen LogP contribution in [0.3, 0.4) is 0 Å².